The number of para-hydroxylation sites is 2. The standard InChI is InChI=1S/C20H18N4.CH4/c21-12-16-14-4-3-5-15(14)19(13-8-10-22-11-9-13)24-18-7-2-1-6-17(18)23-20(16)24;/h1-2,6-8,22H,3-5,9-11H2;1H4. The Hall–Kier alpha value is -2.64. The molecule has 0 saturated carbocycles. The van der Waals surface area contributed by atoms with Crippen LogP contribution in [0.5, 0.6) is 0 Å². The quantitative estimate of drug-likeness (QED) is 0.737. The number of hydrogen-bond donors (Lipinski definition) is 1. The van der Waals surface area contributed by atoms with E-state index in [-0.39, 0.29) is 7.43 Å². The summed E-state index contributed by atoms with van der Waals surface area (Å²) in [5.41, 5.74) is 8.97. The van der Waals surface area contributed by atoms with Crippen LogP contribution in [0, 0.1) is 11.3 Å². The van der Waals surface area contributed by atoms with Gasteiger partial charge < -0.3 is 5.32 Å². The van der Waals surface area contributed by atoms with Crippen molar-refractivity contribution in [3.05, 3.63) is 52.7 Å². The summed E-state index contributed by atoms with van der Waals surface area (Å²) in [5, 5.41) is 13.2. The van der Waals surface area contributed by atoms with Crippen LogP contribution in [0.25, 0.3) is 22.3 Å². The number of aromatic nitrogens is 2. The van der Waals surface area contributed by atoms with E-state index in [0.717, 1.165) is 61.0 Å². The average Bonchev–Trinajstić information content (AvgIpc) is 3.25. The molecule has 5 rings (SSSR count). The van der Waals surface area contributed by atoms with E-state index in [1.807, 2.05) is 12.1 Å². The van der Waals surface area contributed by atoms with Crippen molar-refractivity contribution in [2.24, 2.45) is 0 Å². The van der Waals surface area contributed by atoms with E-state index in [9.17, 15) is 5.26 Å². The molecule has 0 saturated heterocycles. The Morgan fingerprint density at radius 3 is 2.76 bits per heavy atom. The van der Waals surface area contributed by atoms with Crippen LogP contribution in [-0.2, 0) is 12.8 Å². The third kappa shape index (κ3) is 2.20. The summed E-state index contributed by atoms with van der Waals surface area (Å²) in [6.45, 7) is 1.92. The molecule has 4 nitrogen and oxygen atoms in total. The summed E-state index contributed by atoms with van der Waals surface area (Å²) in [5.74, 6) is 0. The molecule has 1 aromatic carbocycles. The Morgan fingerprint density at radius 2 is 1.96 bits per heavy atom. The Balaban J connectivity index is 0.00000157. The smallest absolute Gasteiger partial charge is 0.156 e. The molecule has 0 fully saturated rings. The Kier molecular flexibility index (Phi) is 3.82. The number of rotatable bonds is 1. The third-order valence-electron chi connectivity index (χ3n) is 5.29. The summed E-state index contributed by atoms with van der Waals surface area (Å²) < 4.78 is 2.25. The normalized spacial score (nSPS) is 16.4. The van der Waals surface area contributed by atoms with Crippen molar-refractivity contribution in [3.8, 4) is 6.07 Å². The van der Waals surface area contributed by atoms with Crippen LogP contribution in [0.3, 0.4) is 0 Å². The van der Waals surface area contributed by atoms with E-state index >= 15 is 0 Å². The van der Waals surface area contributed by atoms with Crippen molar-refractivity contribution in [2.75, 3.05) is 13.1 Å². The fourth-order valence-corrected chi connectivity index (χ4v) is 4.26. The van der Waals surface area contributed by atoms with E-state index in [2.05, 4.69) is 34.0 Å². The van der Waals surface area contributed by atoms with Gasteiger partial charge >= 0.3 is 0 Å². The second-order valence-corrected chi connectivity index (χ2v) is 6.59. The maximum absolute atomic E-state index is 9.80. The summed E-state index contributed by atoms with van der Waals surface area (Å²) in [6.07, 6.45) is 6.52. The van der Waals surface area contributed by atoms with Crippen LogP contribution in [0.15, 0.2) is 30.3 Å². The molecule has 0 radical (unpaired) electrons. The molecular formula is C21H22N4. The molecule has 1 aliphatic heterocycles. The van der Waals surface area contributed by atoms with Crippen LogP contribution in [0.4, 0.5) is 0 Å². The highest BCUT2D eigenvalue weighted by molar-refractivity contribution is 5.87. The van der Waals surface area contributed by atoms with Gasteiger partial charge in [-0.3, -0.25) is 4.40 Å². The predicted octanol–water partition coefficient (Wildman–Crippen LogP) is 3.86. The molecule has 0 spiro atoms. The van der Waals surface area contributed by atoms with Gasteiger partial charge in [0.1, 0.15) is 6.07 Å². The largest absolute Gasteiger partial charge is 0.313 e. The number of imidazole rings is 1. The first kappa shape index (κ1) is 15.9. The highest BCUT2D eigenvalue weighted by Crippen LogP contribution is 2.37. The predicted molar refractivity (Wildman–Crippen MR) is 102 cm³/mol. The molecule has 25 heavy (non-hydrogen) atoms. The van der Waals surface area contributed by atoms with E-state index in [1.54, 1.807) is 0 Å². The Bertz CT molecular complexity index is 1050. The molecule has 4 heteroatoms. The van der Waals surface area contributed by atoms with Crippen LogP contribution in [0.1, 0.15) is 42.7 Å². The van der Waals surface area contributed by atoms with Crippen molar-refractivity contribution in [2.45, 2.75) is 33.1 Å². The van der Waals surface area contributed by atoms with Crippen LogP contribution < -0.4 is 5.32 Å². The van der Waals surface area contributed by atoms with Gasteiger partial charge in [0.25, 0.3) is 0 Å². The van der Waals surface area contributed by atoms with Gasteiger partial charge in [-0.05, 0) is 61.1 Å². The van der Waals surface area contributed by atoms with E-state index in [1.165, 1.54) is 22.4 Å². The molecule has 3 aromatic rings. The number of nitriles is 1. The van der Waals surface area contributed by atoms with Gasteiger partial charge in [-0.15, -0.1) is 0 Å². The second kappa shape index (κ2) is 6.02. The van der Waals surface area contributed by atoms with Crippen molar-refractivity contribution in [3.63, 3.8) is 0 Å². The lowest BCUT2D eigenvalue weighted by Gasteiger charge is -2.20. The zero-order chi connectivity index (χ0) is 16.1. The Morgan fingerprint density at radius 1 is 1.12 bits per heavy atom. The summed E-state index contributed by atoms with van der Waals surface area (Å²) >= 11 is 0. The van der Waals surface area contributed by atoms with Crippen LogP contribution in [-0.4, -0.2) is 22.5 Å². The van der Waals surface area contributed by atoms with Crippen LogP contribution in [0.2, 0.25) is 0 Å². The molecule has 0 amide bonds. The molecular weight excluding hydrogens is 308 g/mol. The molecule has 0 atom stereocenters. The first-order valence-corrected chi connectivity index (χ1v) is 8.63. The number of nitrogens with one attached hydrogen (secondary N) is 1. The van der Waals surface area contributed by atoms with Gasteiger partial charge in [0, 0.05) is 6.54 Å². The minimum atomic E-state index is 0. The summed E-state index contributed by atoms with van der Waals surface area (Å²) in [6, 6.07) is 10.7. The molecule has 1 aliphatic carbocycles. The van der Waals surface area contributed by atoms with Gasteiger partial charge in [0.05, 0.1) is 22.3 Å². The second-order valence-electron chi connectivity index (χ2n) is 6.59. The number of benzene rings is 1. The van der Waals surface area contributed by atoms with E-state index in [4.69, 9.17) is 4.98 Å². The van der Waals surface area contributed by atoms with Gasteiger partial charge in [0.2, 0.25) is 0 Å². The lowest BCUT2D eigenvalue weighted by atomic mass is 9.96. The Labute approximate surface area is 147 Å². The monoisotopic (exact) mass is 330 g/mol. The first-order chi connectivity index (χ1) is 11.9. The minimum Gasteiger partial charge on any atom is -0.313 e. The minimum absolute atomic E-state index is 0. The molecule has 0 bridgehead atoms. The highest BCUT2D eigenvalue weighted by Gasteiger charge is 2.27. The van der Waals surface area contributed by atoms with Crippen molar-refractivity contribution in [1.82, 2.24) is 14.7 Å². The van der Waals surface area contributed by atoms with Crippen molar-refractivity contribution < 1.29 is 0 Å². The van der Waals surface area contributed by atoms with E-state index in [0.29, 0.717) is 0 Å². The fourth-order valence-electron chi connectivity index (χ4n) is 4.26. The van der Waals surface area contributed by atoms with E-state index < -0.39 is 0 Å². The number of nitrogens with zero attached hydrogens (tertiary/aromatic N) is 3. The van der Waals surface area contributed by atoms with Gasteiger partial charge in [-0.1, -0.05) is 25.6 Å². The summed E-state index contributed by atoms with van der Waals surface area (Å²) in [7, 11) is 0. The maximum Gasteiger partial charge on any atom is 0.156 e. The lowest BCUT2D eigenvalue weighted by Crippen LogP contribution is -2.21. The maximum atomic E-state index is 9.80. The van der Waals surface area contributed by atoms with Gasteiger partial charge in [-0.2, -0.15) is 5.26 Å². The fraction of sp³-hybridized carbons (Fsp3) is 0.333. The van der Waals surface area contributed by atoms with Gasteiger partial charge in [-0.25, -0.2) is 4.98 Å². The van der Waals surface area contributed by atoms with Crippen molar-refractivity contribution >= 4 is 22.3 Å². The number of hydrogen-bond acceptors (Lipinski definition) is 3. The zero-order valence-electron chi connectivity index (χ0n) is 13.5. The number of fused-ring (bicyclic) bond motifs is 4. The topological polar surface area (TPSA) is 53.1 Å². The molecule has 1 N–H and O–H groups in total. The average molecular weight is 330 g/mol. The highest BCUT2D eigenvalue weighted by atomic mass is 15.0. The molecule has 2 aromatic heterocycles. The zero-order valence-corrected chi connectivity index (χ0v) is 13.5. The first-order valence-electron chi connectivity index (χ1n) is 8.63. The number of pyridine rings is 1. The SMILES string of the molecule is C.N#Cc1c2c(c(C3=CCNCC3)n3c1nc1ccccc13)CCC2. The van der Waals surface area contributed by atoms with Crippen molar-refractivity contribution in [1.29, 1.82) is 5.26 Å². The molecule has 2 aliphatic rings. The molecule has 3 heterocycles. The molecule has 0 unspecified atom stereocenters. The molecule has 126 valence electrons. The summed E-state index contributed by atoms with van der Waals surface area (Å²) in [4.78, 5) is 4.82. The third-order valence-corrected chi connectivity index (χ3v) is 5.29. The lowest BCUT2D eigenvalue weighted by molar-refractivity contribution is 0.735. The van der Waals surface area contributed by atoms with Crippen LogP contribution >= 0.6 is 0 Å². The van der Waals surface area contributed by atoms with Gasteiger partial charge in [0.15, 0.2) is 5.65 Å².